The van der Waals surface area contributed by atoms with Crippen molar-refractivity contribution in [3.05, 3.63) is 29.8 Å². The molecule has 13 heavy (non-hydrogen) atoms. The summed E-state index contributed by atoms with van der Waals surface area (Å²) in [6.45, 7) is 2.20. The van der Waals surface area contributed by atoms with Gasteiger partial charge in [0.1, 0.15) is 0 Å². The fourth-order valence-corrected chi connectivity index (χ4v) is 1.45. The van der Waals surface area contributed by atoms with Crippen LogP contribution in [0.5, 0.6) is 0 Å². The Morgan fingerprint density at radius 2 is 1.85 bits per heavy atom. The number of rotatable bonds is 4. The monoisotopic (exact) mass is 195 g/mol. The van der Waals surface area contributed by atoms with Crippen LogP contribution in [0.1, 0.15) is 18.9 Å². The molecule has 0 spiro atoms. The highest BCUT2D eigenvalue weighted by molar-refractivity contribution is 7.80. The number of thiol groups is 1. The lowest BCUT2D eigenvalue weighted by atomic mass is 10.1. The fourth-order valence-electron chi connectivity index (χ4n) is 1.29. The molecule has 0 radical (unpaired) electrons. The average Bonchev–Trinajstić information content (AvgIpc) is 2.18. The molecule has 0 aromatic heterocycles. The highest BCUT2D eigenvalue weighted by Crippen LogP contribution is 2.14. The van der Waals surface area contributed by atoms with Gasteiger partial charge in [0, 0.05) is 12.7 Å². The number of anilines is 1. The van der Waals surface area contributed by atoms with Crippen molar-refractivity contribution in [3.63, 3.8) is 0 Å². The molecule has 0 fully saturated rings. The van der Waals surface area contributed by atoms with Gasteiger partial charge in [-0.05, 0) is 24.1 Å². The molecule has 0 aliphatic rings. The molecule has 0 N–H and O–H groups in total. The zero-order chi connectivity index (χ0) is 9.68. The summed E-state index contributed by atoms with van der Waals surface area (Å²) in [4.78, 5) is 2.11. The van der Waals surface area contributed by atoms with Crippen LogP contribution in [0.15, 0.2) is 24.3 Å². The van der Waals surface area contributed by atoms with Gasteiger partial charge in [-0.1, -0.05) is 25.5 Å². The Hall–Kier alpha value is -0.630. The minimum atomic E-state index is 0.757. The largest absolute Gasteiger partial charge is 0.366 e. The number of nitrogens with zero attached hydrogens (tertiary/aromatic N) is 1. The van der Waals surface area contributed by atoms with Gasteiger partial charge in [0.15, 0.2) is 0 Å². The topological polar surface area (TPSA) is 3.24 Å². The van der Waals surface area contributed by atoms with Crippen molar-refractivity contribution in [2.45, 2.75) is 19.8 Å². The summed E-state index contributed by atoms with van der Waals surface area (Å²) in [5.41, 5.74) is 2.65. The second-order valence-electron chi connectivity index (χ2n) is 3.26. The number of benzene rings is 1. The average molecular weight is 195 g/mol. The van der Waals surface area contributed by atoms with Crippen LogP contribution < -0.4 is 4.90 Å². The summed E-state index contributed by atoms with van der Waals surface area (Å²) in [5, 5.41) is 0. The third-order valence-corrected chi connectivity index (χ3v) is 2.55. The Kier molecular flexibility index (Phi) is 4.16. The van der Waals surface area contributed by atoms with Crippen molar-refractivity contribution in [2.75, 3.05) is 17.8 Å². The summed E-state index contributed by atoms with van der Waals surface area (Å²) < 4.78 is 0. The first-order valence-corrected chi connectivity index (χ1v) is 5.32. The van der Waals surface area contributed by atoms with Crippen LogP contribution in [-0.2, 0) is 6.42 Å². The molecule has 2 heteroatoms. The van der Waals surface area contributed by atoms with Crippen LogP contribution in [0.3, 0.4) is 0 Å². The van der Waals surface area contributed by atoms with E-state index in [-0.39, 0.29) is 0 Å². The van der Waals surface area contributed by atoms with Gasteiger partial charge in [0.2, 0.25) is 0 Å². The normalized spacial score (nSPS) is 10.1. The summed E-state index contributed by atoms with van der Waals surface area (Å²) in [7, 11) is 2.04. The molecular formula is C11H17NS. The lowest BCUT2D eigenvalue weighted by Crippen LogP contribution is -2.13. The van der Waals surface area contributed by atoms with Gasteiger partial charge in [-0.25, -0.2) is 0 Å². The van der Waals surface area contributed by atoms with Crippen LogP contribution in [0, 0.1) is 0 Å². The highest BCUT2D eigenvalue weighted by atomic mass is 32.1. The van der Waals surface area contributed by atoms with Crippen molar-refractivity contribution in [1.29, 1.82) is 0 Å². The predicted molar refractivity (Wildman–Crippen MR) is 62.7 cm³/mol. The molecule has 0 heterocycles. The van der Waals surface area contributed by atoms with Gasteiger partial charge in [-0.3, -0.25) is 0 Å². The molecule has 1 aromatic carbocycles. The Balaban J connectivity index is 2.69. The molecule has 0 aliphatic carbocycles. The first-order chi connectivity index (χ1) is 6.27. The van der Waals surface area contributed by atoms with Crippen molar-refractivity contribution >= 4 is 18.3 Å². The van der Waals surface area contributed by atoms with E-state index in [0.29, 0.717) is 0 Å². The van der Waals surface area contributed by atoms with Crippen molar-refractivity contribution in [3.8, 4) is 0 Å². The van der Waals surface area contributed by atoms with Crippen LogP contribution in [-0.4, -0.2) is 12.9 Å². The van der Waals surface area contributed by atoms with Gasteiger partial charge in [-0.2, -0.15) is 12.6 Å². The first kappa shape index (κ1) is 10.5. The minimum absolute atomic E-state index is 0.757. The molecule has 0 aliphatic heterocycles. The summed E-state index contributed by atoms with van der Waals surface area (Å²) in [6.07, 6.45) is 2.38. The number of hydrogen-bond acceptors (Lipinski definition) is 2. The Labute approximate surface area is 86.2 Å². The zero-order valence-corrected chi connectivity index (χ0v) is 9.22. The van der Waals surface area contributed by atoms with E-state index in [9.17, 15) is 0 Å². The summed E-state index contributed by atoms with van der Waals surface area (Å²) in [6, 6.07) is 8.69. The van der Waals surface area contributed by atoms with Crippen LogP contribution >= 0.6 is 12.6 Å². The maximum atomic E-state index is 4.22. The smallest absolute Gasteiger partial charge is 0.0606 e. The third kappa shape index (κ3) is 2.96. The fraction of sp³-hybridized carbons (Fsp3) is 0.455. The van der Waals surface area contributed by atoms with E-state index in [4.69, 9.17) is 0 Å². The lowest BCUT2D eigenvalue weighted by Gasteiger charge is -2.16. The van der Waals surface area contributed by atoms with Gasteiger partial charge in [-0.15, -0.1) is 0 Å². The quantitative estimate of drug-likeness (QED) is 0.571. The summed E-state index contributed by atoms with van der Waals surface area (Å²) in [5.74, 6) is 0.757. The molecule has 1 nitrogen and oxygen atoms in total. The molecule has 0 unspecified atom stereocenters. The van der Waals surface area contributed by atoms with E-state index in [1.165, 1.54) is 24.1 Å². The van der Waals surface area contributed by atoms with Crippen LogP contribution in [0.2, 0.25) is 0 Å². The van der Waals surface area contributed by atoms with Crippen molar-refractivity contribution in [2.24, 2.45) is 0 Å². The Morgan fingerprint density at radius 1 is 1.23 bits per heavy atom. The van der Waals surface area contributed by atoms with Gasteiger partial charge >= 0.3 is 0 Å². The lowest BCUT2D eigenvalue weighted by molar-refractivity contribution is 0.921. The molecule has 0 atom stereocenters. The minimum Gasteiger partial charge on any atom is -0.366 e. The standard InChI is InChI=1S/C11H17NS/c1-3-4-10-5-7-11(8-6-10)12(2)9-13/h5-8,13H,3-4,9H2,1-2H3. The second-order valence-corrected chi connectivity index (χ2v) is 3.54. The Bertz CT molecular complexity index is 243. The van der Waals surface area contributed by atoms with E-state index in [1.54, 1.807) is 0 Å². The van der Waals surface area contributed by atoms with Gasteiger partial charge in [0.25, 0.3) is 0 Å². The number of hydrogen-bond donors (Lipinski definition) is 1. The molecule has 0 saturated heterocycles. The molecular weight excluding hydrogens is 178 g/mol. The SMILES string of the molecule is CCCc1ccc(N(C)CS)cc1. The van der Waals surface area contributed by atoms with E-state index in [1.807, 2.05) is 7.05 Å². The second kappa shape index (κ2) is 5.18. The molecule has 1 aromatic rings. The van der Waals surface area contributed by atoms with Crippen LogP contribution in [0.4, 0.5) is 5.69 Å². The highest BCUT2D eigenvalue weighted by Gasteiger charge is 1.97. The zero-order valence-electron chi connectivity index (χ0n) is 8.33. The van der Waals surface area contributed by atoms with Crippen LogP contribution in [0.25, 0.3) is 0 Å². The molecule has 0 saturated carbocycles. The third-order valence-electron chi connectivity index (χ3n) is 2.13. The number of aryl methyl sites for hydroxylation is 1. The van der Waals surface area contributed by atoms with Crippen molar-refractivity contribution < 1.29 is 0 Å². The Morgan fingerprint density at radius 3 is 2.31 bits per heavy atom. The molecule has 0 bridgehead atoms. The molecule has 72 valence electrons. The van der Waals surface area contributed by atoms with Crippen molar-refractivity contribution in [1.82, 2.24) is 0 Å². The van der Waals surface area contributed by atoms with Gasteiger partial charge < -0.3 is 4.90 Å². The van der Waals surface area contributed by atoms with E-state index < -0.39 is 0 Å². The van der Waals surface area contributed by atoms with E-state index >= 15 is 0 Å². The predicted octanol–water partition coefficient (Wildman–Crippen LogP) is 2.96. The summed E-state index contributed by atoms with van der Waals surface area (Å²) >= 11 is 4.22. The maximum Gasteiger partial charge on any atom is 0.0606 e. The molecule has 0 amide bonds. The molecule has 1 rings (SSSR count). The van der Waals surface area contributed by atoms with E-state index in [0.717, 1.165) is 5.88 Å². The maximum absolute atomic E-state index is 4.22. The van der Waals surface area contributed by atoms with Gasteiger partial charge in [0.05, 0.1) is 5.88 Å². The first-order valence-electron chi connectivity index (χ1n) is 4.69. The van der Waals surface area contributed by atoms with E-state index in [2.05, 4.69) is 48.7 Å².